The maximum Gasteiger partial charge on any atom is 0.573 e. The molecule has 0 N–H and O–H groups in total. The first-order chi connectivity index (χ1) is 9.48. The van der Waals surface area contributed by atoms with Crippen LogP contribution < -0.4 is 9.47 Å². The molecule has 20 heavy (non-hydrogen) atoms. The molecule has 0 atom stereocenters. The van der Waals surface area contributed by atoms with Crippen LogP contribution in [-0.2, 0) is 0 Å². The van der Waals surface area contributed by atoms with Gasteiger partial charge in [0.15, 0.2) is 0 Å². The number of hydrogen-bond acceptors (Lipinski definition) is 5. The van der Waals surface area contributed by atoms with E-state index in [4.69, 9.17) is 10.00 Å². The van der Waals surface area contributed by atoms with E-state index in [1.807, 2.05) is 6.07 Å². The van der Waals surface area contributed by atoms with Crippen LogP contribution in [0.5, 0.6) is 17.4 Å². The van der Waals surface area contributed by atoms with Gasteiger partial charge in [0.25, 0.3) is 5.88 Å². The summed E-state index contributed by atoms with van der Waals surface area (Å²) in [6, 6.07) is 7.96. The highest BCUT2D eigenvalue weighted by molar-refractivity contribution is 5.40. The monoisotopic (exact) mass is 281 g/mol. The first kappa shape index (κ1) is 13.6. The quantitative estimate of drug-likeness (QED) is 0.864. The first-order valence-electron chi connectivity index (χ1n) is 5.23. The molecular formula is C12H6F3N3O2. The number of benzene rings is 1. The van der Waals surface area contributed by atoms with Crippen molar-refractivity contribution in [1.29, 1.82) is 5.26 Å². The van der Waals surface area contributed by atoms with Crippen molar-refractivity contribution in [3.63, 3.8) is 0 Å². The third kappa shape index (κ3) is 3.58. The summed E-state index contributed by atoms with van der Waals surface area (Å²) < 4.78 is 44.9. The molecular weight excluding hydrogens is 275 g/mol. The van der Waals surface area contributed by atoms with Gasteiger partial charge in [0.2, 0.25) is 0 Å². The van der Waals surface area contributed by atoms with Crippen LogP contribution in [0.3, 0.4) is 0 Å². The number of rotatable bonds is 3. The highest BCUT2D eigenvalue weighted by atomic mass is 19.4. The lowest BCUT2D eigenvalue weighted by Crippen LogP contribution is -2.16. The summed E-state index contributed by atoms with van der Waals surface area (Å²) in [5.41, 5.74) is 0.163. The fourth-order valence-electron chi connectivity index (χ4n) is 1.30. The molecule has 8 heteroatoms. The number of nitriles is 1. The van der Waals surface area contributed by atoms with Gasteiger partial charge in [-0.1, -0.05) is 0 Å². The molecule has 0 saturated heterocycles. The third-order valence-electron chi connectivity index (χ3n) is 2.08. The Morgan fingerprint density at radius 2 is 1.70 bits per heavy atom. The normalized spacial score (nSPS) is 10.7. The van der Waals surface area contributed by atoms with Crippen molar-refractivity contribution < 1.29 is 22.6 Å². The van der Waals surface area contributed by atoms with E-state index in [1.54, 1.807) is 0 Å². The van der Waals surface area contributed by atoms with Crippen LogP contribution in [0.2, 0.25) is 0 Å². The van der Waals surface area contributed by atoms with Crippen molar-refractivity contribution in [2.75, 3.05) is 0 Å². The molecule has 5 nitrogen and oxygen atoms in total. The van der Waals surface area contributed by atoms with Gasteiger partial charge in [-0.15, -0.1) is 18.3 Å². The Hall–Kier alpha value is -2.82. The minimum Gasteiger partial charge on any atom is -0.437 e. The molecule has 0 bridgehead atoms. The van der Waals surface area contributed by atoms with E-state index in [-0.39, 0.29) is 22.9 Å². The second-order valence-corrected chi connectivity index (χ2v) is 3.48. The molecule has 0 spiro atoms. The number of aromatic nitrogens is 2. The van der Waals surface area contributed by atoms with Gasteiger partial charge >= 0.3 is 6.36 Å². The standard InChI is InChI=1S/C12H6F3N3O2/c13-12(14,15)20-10-3-1-9(2-4-10)19-11-8(7-16)5-6-17-18-11/h1-6H. The van der Waals surface area contributed by atoms with Crippen molar-refractivity contribution >= 4 is 0 Å². The largest absolute Gasteiger partial charge is 0.573 e. The van der Waals surface area contributed by atoms with Crippen molar-refractivity contribution in [2.45, 2.75) is 6.36 Å². The topological polar surface area (TPSA) is 68.0 Å². The minimum absolute atomic E-state index is 0.0283. The third-order valence-corrected chi connectivity index (χ3v) is 2.08. The maximum atomic E-state index is 12.0. The lowest BCUT2D eigenvalue weighted by Gasteiger charge is -2.09. The zero-order valence-corrected chi connectivity index (χ0v) is 9.76. The average molecular weight is 281 g/mol. The van der Waals surface area contributed by atoms with Crippen LogP contribution in [0.1, 0.15) is 5.56 Å². The molecule has 1 aromatic carbocycles. The molecule has 1 heterocycles. The first-order valence-corrected chi connectivity index (χ1v) is 5.23. The average Bonchev–Trinajstić information content (AvgIpc) is 2.40. The van der Waals surface area contributed by atoms with Crippen molar-refractivity contribution in [1.82, 2.24) is 10.2 Å². The molecule has 0 aliphatic rings. The highest BCUT2D eigenvalue weighted by Gasteiger charge is 2.30. The Kier molecular flexibility index (Phi) is 3.70. The zero-order chi connectivity index (χ0) is 14.6. The van der Waals surface area contributed by atoms with E-state index in [0.29, 0.717) is 0 Å². The number of ether oxygens (including phenoxy) is 2. The Morgan fingerprint density at radius 3 is 2.30 bits per heavy atom. The van der Waals surface area contributed by atoms with E-state index < -0.39 is 6.36 Å². The number of hydrogen-bond donors (Lipinski definition) is 0. The van der Waals surface area contributed by atoms with E-state index in [2.05, 4.69) is 14.9 Å². The summed E-state index contributed by atoms with van der Waals surface area (Å²) in [7, 11) is 0. The maximum absolute atomic E-state index is 12.0. The number of halogens is 3. The van der Waals surface area contributed by atoms with Crippen molar-refractivity contribution in [2.24, 2.45) is 0 Å². The summed E-state index contributed by atoms with van der Waals surface area (Å²) in [5.74, 6) is -0.194. The summed E-state index contributed by atoms with van der Waals surface area (Å²) in [6.07, 6.45) is -3.42. The molecule has 0 aliphatic carbocycles. The summed E-state index contributed by atoms with van der Waals surface area (Å²) >= 11 is 0. The minimum atomic E-state index is -4.75. The van der Waals surface area contributed by atoms with Gasteiger partial charge < -0.3 is 9.47 Å². The summed E-state index contributed by atoms with van der Waals surface area (Å²) in [5, 5.41) is 16.0. The van der Waals surface area contributed by atoms with Crippen LogP contribution in [0.4, 0.5) is 13.2 Å². The Balaban J connectivity index is 2.13. The fraction of sp³-hybridized carbons (Fsp3) is 0.0833. The molecule has 0 saturated carbocycles. The van der Waals surface area contributed by atoms with Crippen molar-refractivity contribution in [3.8, 4) is 23.4 Å². The Morgan fingerprint density at radius 1 is 1.05 bits per heavy atom. The van der Waals surface area contributed by atoms with Crippen molar-refractivity contribution in [3.05, 3.63) is 42.1 Å². The van der Waals surface area contributed by atoms with Crippen LogP contribution in [0.15, 0.2) is 36.5 Å². The van der Waals surface area contributed by atoms with Crippen LogP contribution in [-0.4, -0.2) is 16.6 Å². The Labute approximate surface area is 111 Å². The highest BCUT2D eigenvalue weighted by Crippen LogP contribution is 2.27. The molecule has 0 amide bonds. The second-order valence-electron chi connectivity index (χ2n) is 3.48. The van der Waals surface area contributed by atoms with Crippen LogP contribution in [0.25, 0.3) is 0 Å². The summed E-state index contributed by atoms with van der Waals surface area (Å²) in [4.78, 5) is 0. The number of nitrogens with zero attached hydrogens (tertiary/aromatic N) is 3. The molecule has 2 rings (SSSR count). The van der Waals surface area contributed by atoms with Gasteiger partial charge in [-0.3, -0.25) is 0 Å². The lowest BCUT2D eigenvalue weighted by molar-refractivity contribution is -0.274. The lowest BCUT2D eigenvalue weighted by atomic mass is 10.3. The molecule has 102 valence electrons. The van der Waals surface area contributed by atoms with Gasteiger partial charge in [-0.25, -0.2) is 0 Å². The molecule has 2 aromatic rings. The molecule has 0 unspecified atom stereocenters. The Bertz CT molecular complexity index is 636. The van der Waals surface area contributed by atoms with Crippen LogP contribution in [0, 0.1) is 11.3 Å². The molecule has 1 aromatic heterocycles. The SMILES string of the molecule is N#Cc1ccnnc1Oc1ccc(OC(F)(F)F)cc1. The van der Waals surface area contributed by atoms with Gasteiger partial charge in [0, 0.05) is 0 Å². The summed E-state index contributed by atoms with van der Waals surface area (Å²) in [6.45, 7) is 0. The zero-order valence-electron chi connectivity index (χ0n) is 9.76. The number of alkyl halides is 3. The van der Waals surface area contributed by atoms with E-state index in [1.165, 1.54) is 24.4 Å². The van der Waals surface area contributed by atoms with Crippen LogP contribution >= 0.6 is 0 Å². The fourth-order valence-corrected chi connectivity index (χ4v) is 1.30. The van der Waals surface area contributed by atoms with E-state index in [0.717, 1.165) is 12.1 Å². The predicted molar refractivity (Wildman–Crippen MR) is 59.9 cm³/mol. The molecule has 0 aliphatic heterocycles. The van der Waals surface area contributed by atoms with Gasteiger partial charge in [0.05, 0.1) is 6.20 Å². The molecule has 0 fully saturated rings. The van der Waals surface area contributed by atoms with E-state index in [9.17, 15) is 13.2 Å². The second kappa shape index (κ2) is 5.44. The van der Waals surface area contributed by atoms with E-state index >= 15 is 0 Å². The predicted octanol–water partition coefficient (Wildman–Crippen LogP) is 3.04. The molecule has 0 radical (unpaired) electrons. The van der Waals surface area contributed by atoms with Gasteiger partial charge in [0.1, 0.15) is 23.1 Å². The van der Waals surface area contributed by atoms with Gasteiger partial charge in [-0.05, 0) is 30.3 Å². The smallest absolute Gasteiger partial charge is 0.437 e. The van der Waals surface area contributed by atoms with Gasteiger partial charge in [-0.2, -0.15) is 10.4 Å².